The van der Waals surface area contributed by atoms with E-state index in [-0.39, 0.29) is 0 Å². The highest BCUT2D eigenvalue weighted by Gasteiger charge is 2.28. The van der Waals surface area contributed by atoms with Crippen LogP contribution in [0.3, 0.4) is 0 Å². The third-order valence-corrected chi connectivity index (χ3v) is 4.06. The second kappa shape index (κ2) is 5.34. The topological polar surface area (TPSA) is 3.24 Å². The molecule has 1 aromatic carbocycles. The molecule has 0 saturated heterocycles. The maximum atomic E-state index is 2.51. The predicted molar refractivity (Wildman–Crippen MR) is 80.4 cm³/mol. The first kappa shape index (κ1) is 13.5. The Labute approximate surface area is 112 Å². The molecule has 0 unspecified atom stereocenters. The first-order valence-electron chi connectivity index (χ1n) is 7.42. The van der Waals surface area contributed by atoms with E-state index in [0.717, 1.165) is 6.54 Å². The zero-order valence-electron chi connectivity index (χ0n) is 12.4. The maximum absolute atomic E-state index is 2.51. The Morgan fingerprint density at radius 3 is 2.50 bits per heavy atom. The Morgan fingerprint density at radius 1 is 1.11 bits per heavy atom. The summed E-state index contributed by atoms with van der Waals surface area (Å²) in [6, 6.07) is 7.11. The molecule has 0 amide bonds. The van der Waals surface area contributed by atoms with Gasteiger partial charge in [-0.2, -0.15) is 0 Å². The van der Waals surface area contributed by atoms with E-state index in [2.05, 4.69) is 50.8 Å². The van der Waals surface area contributed by atoms with Crippen LogP contribution in [0.25, 0.3) is 0 Å². The van der Waals surface area contributed by atoms with E-state index in [1.807, 2.05) is 0 Å². The number of benzene rings is 1. The molecule has 0 N–H and O–H groups in total. The Kier molecular flexibility index (Phi) is 3.99. The number of hydrogen-bond acceptors (Lipinski definition) is 1. The van der Waals surface area contributed by atoms with E-state index in [1.165, 1.54) is 37.9 Å². The van der Waals surface area contributed by atoms with Gasteiger partial charge in [0.25, 0.3) is 0 Å². The predicted octanol–water partition coefficient (Wildman–Crippen LogP) is 4.44. The third-order valence-electron chi connectivity index (χ3n) is 4.06. The summed E-state index contributed by atoms with van der Waals surface area (Å²) in [4.78, 5) is 2.51. The highest BCUT2D eigenvalue weighted by Crippen LogP contribution is 2.37. The van der Waals surface area contributed by atoms with Gasteiger partial charge in [0, 0.05) is 18.8 Å². The molecule has 18 heavy (non-hydrogen) atoms. The van der Waals surface area contributed by atoms with E-state index >= 15 is 0 Å². The summed E-state index contributed by atoms with van der Waals surface area (Å²) in [5, 5.41) is 0. The summed E-state index contributed by atoms with van der Waals surface area (Å²) >= 11 is 0. The molecular weight excluding hydrogens is 218 g/mol. The fourth-order valence-electron chi connectivity index (χ4n) is 3.06. The summed E-state index contributed by atoms with van der Waals surface area (Å²) in [5.74, 6) is 0. The average Bonchev–Trinajstić information content (AvgIpc) is 2.63. The van der Waals surface area contributed by atoms with Crippen molar-refractivity contribution in [2.75, 3.05) is 18.0 Å². The Hall–Kier alpha value is -0.980. The van der Waals surface area contributed by atoms with Crippen molar-refractivity contribution >= 4 is 5.69 Å². The molecule has 1 aliphatic carbocycles. The Balaban J connectivity index is 2.16. The molecule has 1 heteroatoms. The number of unbranched alkanes of at least 4 members (excludes halogenated alkanes) is 1. The first-order chi connectivity index (χ1) is 8.55. The molecule has 1 nitrogen and oxygen atoms in total. The standard InChI is InChI=1S/C17H27N/c1-5-7-10-18(6-2)16-9-8-14-12-17(3,4)13-15(14)11-16/h8-9,11H,5-7,10,12-13H2,1-4H3. The molecule has 0 radical (unpaired) electrons. The van der Waals surface area contributed by atoms with Gasteiger partial charge >= 0.3 is 0 Å². The molecule has 100 valence electrons. The van der Waals surface area contributed by atoms with Crippen LogP contribution in [0, 0.1) is 5.41 Å². The lowest BCUT2D eigenvalue weighted by Gasteiger charge is -2.23. The highest BCUT2D eigenvalue weighted by atomic mass is 15.1. The van der Waals surface area contributed by atoms with Crippen LogP contribution < -0.4 is 4.90 Å². The lowest BCUT2D eigenvalue weighted by Crippen LogP contribution is -2.23. The summed E-state index contributed by atoms with van der Waals surface area (Å²) in [5.41, 5.74) is 5.02. The monoisotopic (exact) mass is 245 g/mol. The quantitative estimate of drug-likeness (QED) is 0.741. The summed E-state index contributed by atoms with van der Waals surface area (Å²) in [7, 11) is 0. The minimum Gasteiger partial charge on any atom is -0.372 e. The zero-order valence-corrected chi connectivity index (χ0v) is 12.4. The lowest BCUT2D eigenvalue weighted by molar-refractivity contribution is 0.392. The number of rotatable bonds is 5. The molecule has 0 spiro atoms. The fourth-order valence-corrected chi connectivity index (χ4v) is 3.06. The van der Waals surface area contributed by atoms with Crippen molar-refractivity contribution in [2.45, 2.75) is 53.4 Å². The van der Waals surface area contributed by atoms with Crippen molar-refractivity contribution in [1.29, 1.82) is 0 Å². The van der Waals surface area contributed by atoms with Gasteiger partial charge in [0.05, 0.1) is 0 Å². The summed E-state index contributed by atoms with van der Waals surface area (Å²) in [6.45, 7) is 11.6. The van der Waals surface area contributed by atoms with Gasteiger partial charge in [-0.1, -0.05) is 33.3 Å². The maximum Gasteiger partial charge on any atom is 0.0369 e. The van der Waals surface area contributed by atoms with Crippen LogP contribution in [0.15, 0.2) is 18.2 Å². The van der Waals surface area contributed by atoms with Gasteiger partial charge in [0.15, 0.2) is 0 Å². The summed E-state index contributed by atoms with van der Waals surface area (Å²) in [6.07, 6.45) is 5.04. The minimum absolute atomic E-state index is 0.460. The SMILES string of the molecule is CCCCN(CC)c1ccc2c(c1)CC(C)(C)C2. The molecule has 2 rings (SSSR count). The van der Waals surface area contributed by atoms with Gasteiger partial charge in [-0.05, 0) is 54.9 Å². The molecule has 0 aliphatic heterocycles. The van der Waals surface area contributed by atoms with Crippen LogP contribution in [-0.4, -0.2) is 13.1 Å². The second-order valence-corrected chi connectivity index (χ2v) is 6.40. The van der Waals surface area contributed by atoms with Crippen molar-refractivity contribution in [2.24, 2.45) is 5.41 Å². The van der Waals surface area contributed by atoms with Crippen LogP contribution >= 0.6 is 0 Å². The van der Waals surface area contributed by atoms with E-state index in [9.17, 15) is 0 Å². The van der Waals surface area contributed by atoms with Crippen LogP contribution in [0.4, 0.5) is 5.69 Å². The van der Waals surface area contributed by atoms with Crippen molar-refractivity contribution < 1.29 is 0 Å². The van der Waals surface area contributed by atoms with Gasteiger partial charge in [0.1, 0.15) is 0 Å². The van der Waals surface area contributed by atoms with E-state index in [1.54, 1.807) is 11.1 Å². The number of fused-ring (bicyclic) bond motifs is 1. The average molecular weight is 245 g/mol. The number of nitrogens with zero attached hydrogens (tertiary/aromatic N) is 1. The van der Waals surface area contributed by atoms with Crippen molar-refractivity contribution in [1.82, 2.24) is 0 Å². The van der Waals surface area contributed by atoms with Crippen LogP contribution in [0.5, 0.6) is 0 Å². The van der Waals surface area contributed by atoms with Crippen molar-refractivity contribution in [3.05, 3.63) is 29.3 Å². The van der Waals surface area contributed by atoms with E-state index in [4.69, 9.17) is 0 Å². The van der Waals surface area contributed by atoms with Crippen molar-refractivity contribution in [3.8, 4) is 0 Å². The molecule has 0 atom stereocenters. The van der Waals surface area contributed by atoms with E-state index < -0.39 is 0 Å². The van der Waals surface area contributed by atoms with Gasteiger partial charge < -0.3 is 4.90 Å². The van der Waals surface area contributed by atoms with Crippen LogP contribution in [0.2, 0.25) is 0 Å². The largest absolute Gasteiger partial charge is 0.372 e. The minimum atomic E-state index is 0.460. The molecule has 1 aliphatic rings. The molecule has 0 heterocycles. The van der Waals surface area contributed by atoms with Crippen molar-refractivity contribution in [3.63, 3.8) is 0 Å². The first-order valence-corrected chi connectivity index (χ1v) is 7.42. The molecular formula is C17H27N. The van der Waals surface area contributed by atoms with Crippen LogP contribution in [-0.2, 0) is 12.8 Å². The number of anilines is 1. The zero-order chi connectivity index (χ0) is 13.2. The third kappa shape index (κ3) is 2.88. The fraction of sp³-hybridized carbons (Fsp3) is 0.647. The second-order valence-electron chi connectivity index (χ2n) is 6.40. The molecule has 1 aromatic rings. The Morgan fingerprint density at radius 2 is 1.83 bits per heavy atom. The normalized spacial score (nSPS) is 16.7. The van der Waals surface area contributed by atoms with Crippen LogP contribution in [0.1, 0.15) is 51.7 Å². The number of hydrogen-bond donors (Lipinski definition) is 0. The summed E-state index contributed by atoms with van der Waals surface area (Å²) < 4.78 is 0. The molecule has 0 saturated carbocycles. The highest BCUT2D eigenvalue weighted by molar-refractivity contribution is 5.52. The molecule has 0 fully saturated rings. The molecule has 0 aromatic heterocycles. The Bertz CT molecular complexity index is 406. The smallest absolute Gasteiger partial charge is 0.0369 e. The lowest BCUT2D eigenvalue weighted by atomic mass is 9.90. The van der Waals surface area contributed by atoms with Gasteiger partial charge in [-0.25, -0.2) is 0 Å². The molecule has 0 bridgehead atoms. The van der Waals surface area contributed by atoms with Gasteiger partial charge in [-0.3, -0.25) is 0 Å². The van der Waals surface area contributed by atoms with E-state index in [0.29, 0.717) is 5.41 Å². The van der Waals surface area contributed by atoms with Gasteiger partial charge in [0.2, 0.25) is 0 Å². The van der Waals surface area contributed by atoms with Gasteiger partial charge in [-0.15, -0.1) is 0 Å².